The van der Waals surface area contributed by atoms with E-state index in [9.17, 15) is 5.11 Å². The van der Waals surface area contributed by atoms with Crippen molar-refractivity contribution in [3.63, 3.8) is 0 Å². The van der Waals surface area contributed by atoms with Gasteiger partial charge in [-0.3, -0.25) is 0 Å². The third-order valence-electron chi connectivity index (χ3n) is 2.97. The van der Waals surface area contributed by atoms with Crippen LogP contribution in [0.4, 0.5) is 0 Å². The Kier molecular flexibility index (Phi) is 6.07. The Labute approximate surface area is 118 Å². The topological polar surface area (TPSA) is 69.2 Å². The molecular formula is C14H21NO5. The third-order valence-corrected chi connectivity index (χ3v) is 2.97. The summed E-state index contributed by atoms with van der Waals surface area (Å²) in [6.07, 6.45) is -0.580. The Bertz CT molecular complexity index is 413. The average molecular weight is 283 g/mol. The molecule has 1 unspecified atom stereocenters. The molecule has 0 radical (unpaired) electrons. The lowest BCUT2D eigenvalue weighted by Crippen LogP contribution is -2.25. The highest BCUT2D eigenvalue weighted by Gasteiger charge is 2.16. The van der Waals surface area contributed by atoms with E-state index in [0.717, 1.165) is 11.3 Å². The highest BCUT2D eigenvalue weighted by molar-refractivity contribution is 5.45. The van der Waals surface area contributed by atoms with E-state index in [1.54, 1.807) is 7.11 Å². The molecule has 2 rings (SSSR count). The minimum Gasteiger partial charge on any atom is -0.454 e. The highest BCUT2D eigenvalue weighted by Crippen LogP contribution is 2.33. The molecule has 1 aliphatic heterocycles. The number of aliphatic hydroxyl groups excluding tert-OH is 1. The van der Waals surface area contributed by atoms with Crippen molar-refractivity contribution in [3.05, 3.63) is 23.8 Å². The molecule has 0 fully saturated rings. The summed E-state index contributed by atoms with van der Waals surface area (Å²) in [4.78, 5) is 0. The second-order valence-corrected chi connectivity index (χ2v) is 4.44. The number of rotatable bonds is 9. The van der Waals surface area contributed by atoms with Gasteiger partial charge in [0.1, 0.15) is 0 Å². The molecule has 0 amide bonds. The first-order valence-corrected chi connectivity index (χ1v) is 6.66. The summed E-state index contributed by atoms with van der Waals surface area (Å²) in [6, 6.07) is 5.47. The molecule has 112 valence electrons. The van der Waals surface area contributed by atoms with Gasteiger partial charge in [-0.05, 0) is 17.7 Å². The van der Waals surface area contributed by atoms with E-state index in [-0.39, 0.29) is 6.79 Å². The number of ether oxygens (including phenoxy) is 4. The number of hydrogen-bond acceptors (Lipinski definition) is 6. The summed E-state index contributed by atoms with van der Waals surface area (Å²) in [5.41, 5.74) is 0.807. The fourth-order valence-corrected chi connectivity index (χ4v) is 1.87. The van der Waals surface area contributed by atoms with Crippen molar-refractivity contribution < 1.29 is 24.1 Å². The van der Waals surface area contributed by atoms with Crippen molar-refractivity contribution in [1.82, 2.24) is 5.32 Å². The molecule has 6 nitrogen and oxygen atoms in total. The summed E-state index contributed by atoms with van der Waals surface area (Å²) in [7, 11) is 1.64. The molecule has 1 atom stereocenters. The lowest BCUT2D eigenvalue weighted by molar-refractivity contribution is 0.0703. The van der Waals surface area contributed by atoms with Gasteiger partial charge in [0.2, 0.25) is 6.79 Å². The number of aliphatic hydroxyl groups is 1. The zero-order valence-electron chi connectivity index (χ0n) is 11.6. The molecule has 0 saturated heterocycles. The van der Waals surface area contributed by atoms with Crippen molar-refractivity contribution in [1.29, 1.82) is 0 Å². The molecule has 1 aromatic carbocycles. The maximum atomic E-state index is 10.1. The average Bonchev–Trinajstić information content (AvgIpc) is 2.93. The second-order valence-electron chi connectivity index (χ2n) is 4.44. The monoisotopic (exact) mass is 283 g/mol. The van der Waals surface area contributed by atoms with Gasteiger partial charge in [-0.25, -0.2) is 0 Å². The molecule has 0 spiro atoms. The number of fused-ring (bicyclic) bond motifs is 1. The van der Waals surface area contributed by atoms with E-state index in [4.69, 9.17) is 18.9 Å². The Balaban J connectivity index is 1.66. The summed E-state index contributed by atoms with van der Waals surface area (Å²) in [5, 5.41) is 13.2. The second kappa shape index (κ2) is 8.06. The van der Waals surface area contributed by atoms with E-state index in [1.165, 1.54) is 0 Å². The van der Waals surface area contributed by atoms with Crippen LogP contribution < -0.4 is 14.8 Å². The Morgan fingerprint density at radius 3 is 2.95 bits per heavy atom. The Hall–Kier alpha value is -1.34. The van der Waals surface area contributed by atoms with Crippen molar-refractivity contribution in [2.45, 2.75) is 6.10 Å². The van der Waals surface area contributed by atoms with E-state index in [2.05, 4.69) is 5.32 Å². The highest BCUT2D eigenvalue weighted by atomic mass is 16.7. The van der Waals surface area contributed by atoms with Crippen LogP contribution in [-0.2, 0) is 9.47 Å². The van der Waals surface area contributed by atoms with E-state index in [0.29, 0.717) is 38.7 Å². The van der Waals surface area contributed by atoms with Crippen LogP contribution in [0.2, 0.25) is 0 Å². The summed E-state index contributed by atoms with van der Waals surface area (Å²) >= 11 is 0. The van der Waals surface area contributed by atoms with E-state index < -0.39 is 6.10 Å². The van der Waals surface area contributed by atoms with Crippen molar-refractivity contribution >= 4 is 0 Å². The Morgan fingerprint density at radius 2 is 2.10 bits per heavy atom. The molecule has 0 saturated carbocycles. The number of benzene rings is 1. The maximum absolute atomic E-state index is 10.1. The van der Waals surface area contributed by atoms with Crippen LogP contribution in [0, 0.1) is 0 Å². The predicted octanol–water partition coefficient (Wildman–Crippen LogP) is 0.701. The molecule has 0 bridgehead atoms. The van der Waals surface area contributed by atoms with Crippen LogP contribution in [0.25, 0.3) is 0 Å². The smallest absolute Gasteiger partial charge is 0.231 e. The normalized spacial score (nSPS) is 14.5. The molecule has 2 N–H and O–H groups in total. The Morgan fingerprint density at radius 1 is 1.25 bits per heavy atom. The third kappa shape index (κ3) is 4.35. The molecule has 1 heterocycles. The predicted molar refractivity (Wildman–Crippen MR) is 73.1 cm³/mol. The summed E-state index contributed by atoms with van der Waals surface area (Å²) < 4.78 is 20.7. The van der Waals surface area contributed by atoms with Crippen LogP contribution in [-0.4, -0.2) is 51.9 Å². The van der Waals surface area contributed by atoms with Gasteiger partial charge in [0.15, 0.2) is 11.5 Å². The van der Waals surface area contributed by atoms with Gasteiger partial charge >= 0.3 is 0 Å². The minimum absolute atomic E-state index is 0.242. The summed E-state index contributed by atoms with van der Waals surface area (Å²) in [6.45, 7) is 3.17. The van der Waals surface area contributed by atoms with Crippen molar-refractivity contribution in [3.8, 4) is 11.5 Å². The summed E-state index contributed by atoms with van der Waals surface area (Å²) in [5.74, 6) is 1.41. The van der Waals surface area contributed by atoms with Gasteiger partial charge in [-0.2, -0.15) is 0 Å². The lowest BCUT2D eigenvalue weighted by atomic mass is 10.1. The van der Waals surface area contributed by atoms with Gasteiger partial charge in [0, 0.05) is 20.2 Å². The van der Waals surface area contributed by atoms with Crippen LogP contribution in [0.5, 0.6) is 11.5 Å². The zero-order valence-corrected chi connectivity index (χ0v) is 11.6. The number of nitrogens with one attached hydrogen (secondary N) is 1. The van der Waals surface area contributed by atoms with Gasteiger partial charge in [-0.1, -0.05) is 6.07 Å². The first-order valence-electron chi connectivity index (χ1n) is 6.66. The van der Waals surface area contributed by atoms with Crippen LogP contribution in [0.1, 0.15) is 11.7 Å². The van der Waals surface area contributed by atoms with E-state index >= 15 is 0 Å². The molecule has 6 heteroatoms. The molecule has 0 aliphatic carbocycles. The van der Waals surface area contributed by atoms with Crippen molar-refractivity contribution in [2.75, 3.05) is 46.8 Å². The fourth-order valence-electron chi connectivity index (χ4n) is 1.87. The van der Waals surface area contributed by atoms with Gasteiger partial charge < -0.3 is 29.4 Å². The SMILES string of the molecule is COCCOCCNCC(O)c1ccc2c(c1)OCO2. The molecule has 20 heavy (non-hydrogen) atoms. The van der Waals surface area contributed by atoms with Crippen LogP contribution >= 0.6 is 0 Å². The van der Waals surface area contributed by atoms with Gasteiger partial charge in [-0.15, -0.1) is 0 Å². The number of methoxy groups -OCH3 is 1. The standard InChI is InChI=1S/C14H21NO5/c1-17-6-7-18-5-4-15-9-12(16)11-2-3-13-14(8-11)20-10-19-13/h2-3,8,12,15-16H,4-7,9-10H2,1H3. The quantitative estimate of drug-likeness (QED) is 0.650. The van der Waals surface area contributed by atoms with Gasteiger partial charge in [0.05, 0.1) is 25.9 Å². The largest absolute Gasteiger partial charge is 0.454 e. The van der Waals surface area contributed by atoms with E-state index in [1.807, 2.05) is 18.2 Å². The first kappa shape index (κ1) is 15.1. The van der Waals surface area contributed by atoms with Crippen molar-refractivity contribution in [2.24, 2.45) is 0 Å². The lowest BCUT2D eigenvalue weighted by Gasteiger charge is -2.13. The molecular weight excluding hydrogens is 262 g/mol. The zero-order chi connectivity index (χ0) is 14.2. The molecule has 0 aromatic heterocycles. The maximum Gasteiger partial charge on any atom is 0.231 e. The number of hydrogen-bond donors (Lipinski definition) is 2. The fraction of sp³-hybridized carbons (Fsp3) is 0.571. The van der Waals surface area contributed by atoms with Crippen LogP contribution in [0.15, 0.2) is 18.2 Å². The first-order chi connectivity index (χ1) is 9.81. The molecule has 1 aliphatic rings. The van der Waals surface area contributed by atoms with Gasteiger partial charge in [0.25, 0.3) is 0 Å². The van der Waals surface area contributed by atoms with Crippen LogP contribution in [0.3, 0.4) is 0 Å². The molecule has 1 aromatic rings. The minimum atomic E-state index is -0.580.